The molecule has 197 valence electrons. The molecule has 1 aromatic rings. The summed E-state index contributed by atoms with van der Waals surface area (Å²) >= 11 is 0. The van der Waals surface area contributed by atoms with Crippen molar-refractivity contribution in [3.05, 3.63) is 29.6 Å². The van der Waals surface area contributed by atoms with Gasteiger partial charge in [-0.3, -0.25) is 34.0 Å². The van der Waals surface area contributed by atoms with Gasteiger partial charge in [0.25, 0.3) is 0 Å². The van der Waals surface area contributed by atoms with Gasteiger partial charge in [0.05, 0.1) is 25.3 Å². The second kappa shape index (κ2) is 16.0. The van der Waals surface area contributed by atoms with E-state index in [0.29, 0.717) is 64.6 Å². The fraction of sp³-hybridized carbons (Fsp3) is 0.571. The van der Waals surface area contributed by atoms with Crippen molar-refractivity contribution in [2.24, 2.45) is 0 Å². The molecule has 2 heterocycles. The Morgan fingerprint density at radius 3 is 1.37 bits per heavy atom. The molecule has 14 heteroatoms. The van der Waals surface area contributed by atoms with E-state index < -0.39 is 23.9 Å². The molecular formula is C21H31N5O8Tb. The first-order valence-electron chi connectivity index (χ1n) is 10.9. The molecule has 1 fully saturated rings. The molecule has 0 unspecified atom stereocenters. The largest absolute Gasteiger partial charge is 0.480 e. The van der Waals surface area contributed by atoms with Gasteiger partial charge < -0.3 is 20.4 Å². The Morgan fingerprint density at radius 1 is 0.657 bits per heavy atom. The summed E-state index contributed by atoms with van der Waals surface area (Å²) in [6, 6.07) is 4.71. The number of rotatable bonds is 9. The number of nitrogens with zero attached hydrogens (tertiary/aromatic N) is 5. The maximum Gasteiger partial charge on any atom is 0.354 e. The van der Waals surface area contributed by atoms with E-state index in [0.717, 1.165) is 0 Å². The topological polar surface area (TPSA) is 175 Å². The van der Waals surface area contributed by atoms with E-state index in [1.807, 2.05) is 4.90 Å². The van der Waals surface area contributed by atoms with E-state index in [2.05, 4.69) is 4.98 Å². The van der Waals surface area contributed by atoms with Crippen molar-refractivity contribution in [1.29, 1.82) is 0 Å². The van der Waals surface area contributed by atoms with Gasteiger partial charge in [-0.05, 0) is 12.1 Å². The predicted molar refractivity (Wildman–Crippen MR) is 119 cm³/mol. The summed E-state index contributed by atoms with van der Waals surface area (Å²) in [7, 11) is 0. The maximum atomic E-state index is 11.3. The molecular weight excluding hydrogens is 609 g/mol. The number of carboxylic acids is 4. The number of carboxylic acid groups (broad SMARTS) is 4. The summed E-state index contributed by atoms with van der Waals surface area (Å²) < 4.78 is 0. The quantitative estimate of drug-likeness (QED) is 0.253. The minimum atomic E-state index is -1.14. The van der Waals surface area contributed by atoms with E-state index in [-0.39, 0.29) is 63.9 Å². The van der Waals surface area contributed by atoms with Crippen LogP contribution in [-0.2, 0) is 20.9 Å². The van der Waals surface area contributed by atoms with E-state index in [4.69, 9.17) is 0 Å². The van der Waals surface area contributed by atoms with Crippen LogP contribution in [0, 0.1) is 38.6 Å². The molecule has 1 radical (unpaired) electrons. The normalized spacial score (nSPS) is 17.5. The van der Waals surface area contributed by atoms with Crippen LogP contribution in [0.5, 0.6) is 0 Å². The number of aromatic carboxylic acids is 1. The monoisotopic (exact) mass is 640 g/mol. The van der Waals surface area contributed by atoms with E-state index >= 15 is 0 Å². The SMILES string of the molecule is O=C(O)CN1CCN(CC(=O)O)CCN(Cc2cccc(C(=O)O)n2)CCN(CC(=O)O)CC1.[Tb]. The van der Waals surface area contributed by atoms with Crippen molar-refractivity contribution in [2.45, 2.75) is 6.54 Å². The Labute approximate surface area is 233 Å². The smallest absolute Gasteiger partial charge is 0.354 e. The zero-order valence-electron chi connectivity index (χ0n) is 19.2. The molecule has 0 bridgehead atoms. The average Bonchev–Trinajstić information content (AvgIpc) is 2.74. The minimum Gasteiger partial charge on any atom is -0.480 e. The van der Waals surface area contributed by atoms with Crippen LogP contribution >= 0.6 is 0 Å². The van der Waals surface area contributed by atoms with Crippen molar-refractivity contribution < 1.29 is 78.2 Å². The molecule has 0 aromatic carbocycles. The van der Waals surface area contributed by atoms with Crippen LogP contribution in [0.1, 0.15) is 16.2 Å². The van der Waals surface area contributed by atoms with Crippen LogP contribution < -0.4 is 0 Å². The van der Waals surface area contributed by atoms with E-state index in [1.165, 1.54) is 6.07 Å². The first-order valence-corrected chi connectivity index (χ1v) is 10.9. The Morgan fingerprint density at radius 2 is 1.03 bits per heavy atom. The average molecular weight is 640 g/mol. The van der Waals surface area contributed by atoms with Gasteiger partial charge in [0.2, 0.25) is 0 Å². The molecule has 0 aliphatic carbocycles. The molecule has 1 aromatic heterocycles. The minimum absolute atomic E-state index is 0. The van der Waals surface area contributed by atoms with Crippen LogP contribution in [0.15, 0.2) is 18.2 Å². The zero-order chi connectivity index (χ0) is 25.1. The molecule has 0 spiro atoms. The second-order valence-electron chi connectivity index (χ2n) is 8.11. The van der Waals surface area contributed by atoms with Gasteiger partial charge in [-0.25, -0.2) is 9.78 Å². The zero-order valence-corrected chi connectivity index (χ0v) is 21.3. The standard InChI is InChI=1S/C21H31N5O8.Tb/c27-18(28)13-24-6-4-23(12-16-2-1-3-17(22-16)21(33)34)5-7-25(14-19(29)30)9-11-26(10-8-24)15-20(31)32;/h1-3H,4-15H2,(H,27,28)(H,29,30)(H,31,32)(H,33,34);. The summed E-state index contributed by atoms with van der Waals surface area (Å²) in [6.07, 6.45) is 0. The Bertz CT molecular complexity index is 842. The molecule has 2 rings (SSSR count). The second-order valence-corrected chi connectivity index (χ2v) is 8.11. The molecule has 1 aliphatic heterocycles. The van der Waals surface area contributed by atoms with Crippen LogP contribution in [0.4, 0.5) is 0 Å². The molecule has 35 heavy (non-hydrogen) atoms. The summed E-state index contributed by atoms with van der Waals surface area (Å²) in [5.74, 6) is -4.13. The number of aliphatic carboxylic acids is 3. The summed E-state index contributed by atoms with van der Waals surface area (Å²) in [5.41, 5.74) is 0.458. The molecule has 0 atom stereocenters. The van der Waals surface area contributed by atoms with Gasteiger partial charge in [-0.1, -0.05) is 6.07 Å². The summed E-state index contributed by atoms with van der Waals surface area (Å²) in [6.45, 7) is 2.63. The fourth-order valence-electron chi connectivity index (χ4n) is 3.70. The van der Waals surface area contributed by atoms with Crippen LogP contribution in [-0.4, -0.2) is 141 Å². The first kappa shape index (κ1) is 31.2. The van der Waals surface area contributed by atoms with Crippen LogP contribution in [0.2, 0.25) is 0 Å². The molecule has 0 saturated carbocycles. The molecule has 0 amide bonds. The number of aromatic nitrogens is 1. The molecule has 4 N–H and O–H groups in total. The van der Waals surface area contributed by atoms with Gasteiger partial charge in [0.15, 0.2) is 0 Å². The third-order valence-corrected chi connectivity index (χ3v) is 5.42. The number of hydrogen-bond acceptors (Lipinski definition) is 9. The van der Waals surface area contributed by atoms with Crippen LogP contribution in [0.3, 0.4) is 0 Å². The van der Waals surface area contributed by atoms with Gasteiger partial charge in [-0.15, -0.1) is 0 Å². The van der Waals surface area contributed by atoms with E-state index in [1.54, 1.807) is 26.8 Å². The van der Waals surface area contributed by atoms with Gasteiger partial charge in [0.1, 0.15) is 5.69 Å². The van der Waals surface area contributed by atoms with Crippen LogP contribution in [0.25, 0.3) is 0 Å². The fourth-order valence-corrected chi connectivity index (χ4v) is 3.70. The Balaban J connectivity index is 0.00000612. The third kappa shape index (κ3) is 12.6. The maximum absolute atomic E-state index is 11.3. The van der Waals surface area contributed by atoms with Crippen molar-refractivity contribution in [3.63, 3.8) is 0 Å². The van der Waals surface area contributed by atoms with E-state index in [9.17, 15) is 39.6 Å². The number of pyridine rings is 1. The van der Waals surface area contributed by atoms with Gasteiger partial charge >= 0.3 is 23.9 Å². The van der Waals surface area contributed by atoms with Crippen molar-refractivity contribution in [1.82, 2.24) is 24.6 Å². The number of carbonyl (C=O) groups is 4. The molecule has 13 nitrogen and oxygen atoms in total. The third-order valence-electron chi connectivity index (χ3n) is 5.42. The van der Waals surface area contributed by atoms with Crippen molar-refractivity contribution in [2.75, 3.05) is 72.0 Å². The summed E-state index contributed by atoms with van der Waals surface area (Å²) in [5, 5.41) is 36.9. The predicted octanol–water partition coefficient (Wildman–Crippen LogP) is -1.24. The van der Waals surface area contributed by atoms with Gasteiger partial charge in [0, 0.05) is 97.5 Å². The van der Waals surface area contributed by atoms with Gasteiger partial charge in [-0.2, -0.15) is 0 Å². The first-order chi connectivity index (χ1) is 16.1. The van der Waals surface area contributed by atoms with Crippen molar-refractivity contribution >= 4 is 23.9 Å². The Kier molecular flexibility index (Phi) is 14.3. The van der Waals surface area contributed by atoms with Crippen molar-refractivity contribution in [3.8, 4) is 0 Å². The molecule has 1 saturated heterocycles. The Hall–Kier alpha value is -1.84. The number of hydrogen-bond donors (Lipinski definition) is 4. The molecule has 1 aliphatic rings. The summed E-state index contributed by atoms with van der Waals surface area (Å²) in [4.78, 5) is 56.4.